The van der Waals surface area contributed by atoms with Gasteiger partial charge in [-0.1, -0.05) is 33.8 Å². The lowest BCUT2D eigenvalue weighted by Gasteiger charge is -2.62. The lowest BCUT2D eigenvalue weighted by Crippen LogP contribution is -2.58. The summed E-state index contributed by atoms with van der Waals surface area (Å²) in [4.78, 5) is 0. The molecule has 0 heterocycles. The Bertz CT molecular complexity index is 528. The van der Waals surface area contributed by atoms with Crippen LogP contribution < -0.4 is 0 Å². The maximum atomic E-state index is 10.9. The highest BCUT2D eigenvalue weighted by molar-refractivity contribution is 5.28. The van der Waals surface area contributed by atoms with Gasteiger partial charge in [0.05, 0.1) is 24.9 Å². The summed E-state index contributed by atoms with van der Waals surface area (Å²) in [7, 11) is 0. The van der Waals surface area contributed by atoms with E-state index in [2.05, 4.69) is 26.8 Å². The first-order valence-electron chi connectivity index (χ1n) is 9.44. The van der Waals surface area contributed by atoms with Crippen molar-refractivity contribution in [2.24, 2.45) is 28.1 Å². The standard InChI is InChI=1S/C20H34O4/c1-18(2)15-9-14(22)12-10-19(3,17(24)11-21)7-5-13(12)20(15,4)8-6-16(18)23/h10,13-17,21-24H,5-9,11H2,1-4H3/t13-,14+,15-,16+,17+,19+,20+/m0/s1. The summed E-state index contributed by atoms with van der Waals surface area (Å²) in [5.41, 5.74) is 0.487. The van der Waals surface area contributed by atoms with Crippen molar-refractivity contribution in [2.75, 3.05) is 6.61 Å². The molecule has 0 spiro atoms. The van der Waals surface area contributed by atoms with Crippen molar-refractivity contribution in [1.29, 1.82) is 0 Å². The minimum absolute atomic E-state index is 0.0826. The molecule has 0 amide bonds. The molecule has 4 N–H and O–H groups in total. The number of rotatable bonds is 2. The first-order valence-corrected chi connectivity index (χ1v) is 9.44. The van der Waals surface area contributed by atoms with Gasteiger partial charge in [0.2, 0.25) is 0 Å². The third-order valence-corrected chi connectivity index (χ3v) is 7.95. The average molecular weight is 338 g/mol. The zero-order chi connectivity index (χ0) is 17.9. The summed E-state index contributed by atoms with van der Waals surface area (Å²) < 4.78 is 0. The molecule has 0 bridgehead atoms. The predicted molar refractivity (Wildman–Crippen MR) is 93.2 cm³/mol. The van der Waals surface area contributed by atoms with Crippen LogP contribution in [0.3, 0.4) is 0 Å². The first-order chi connectivity index (χ1) is 11.1. The SMILES string of the molecule is CC1(C)[C@H](O)CC[C@]2(C)[C@H]3CC[C@@](C)([C@H](O)CO)C=C3[C@H](O)C[C@@H]12. The van der Waals surface area contributed by atoms with E-state index in [1.807, 2.05) is 6.92 Å². The van der Waals surface area contributed by atoms with Gasteiger partial charge in [-0.05, 0) is 60.3 Å². The molecule has 0 radical (unpaired) electrons. The number of aliphatic hydroxyl groups is 4. The summed E-state index contributed by atoms with van der Waals surface area (Å²) in [6.07, 6.45) is 4.68. The van der Waals surface area contributed by atoms with Crippen molar-refractivity contribution >= 4 is 0 Å². The van der Waals surface area contributed by atoms with E-state index in [1.54, 1.807) is 0 Å². The Morgan fingerprint density at radius 2 is 1.79 bits per heavy atom. The van der Waals surface area contributed by atoms with Crippen molar-refractivity contribution in [1.82, 2.24) is 0 Å². The Labute approximate surface area is 145 Å². The summed E-state index contributed by atoms with van der Waals surface area (Å²) >= 11 is 0. The van der Waals surface area contributed by atoms with Gasteiger partial charge in [0.1, 0.15) is 0 Å². The monoisotopic (exact) mass is 338 g/mol. The van der Waals surface area contributed by atoms with Crippen LogP contribution in [0, 0.1) is 28.1 Å². The fraction of sp³-hybridized carbons (Fsp3) is 0.900. The Hall–Kier alpha value is -0.420. The van der Waals surface area contributed by atoms with E-state index in [-0.39, 0.29) is 29.5 Å². The fourth-order valence-electron chi connectivity index (χ4n) is 6.11. The molecule has 0 unspecified atom stereocenters. The highest BCUT2D eigenvalue weighted by Crippen LogP contribution is 2.63. The minimum Gasteiger partial charge on any atom is -0.394 e. The van der Waals surface area contributed by atoms with Gasteiger partial charge in [-0.3, -0.25) is 0 Å². The number of hydrogen-bond acceptors (Lipinski definition) is 4. The molecule has 0 aromatic rings. The van der Waals surface area contributed by atoms with Crippen LogP contribution in [0.15, 0.2) is 11.6 Å². The van der Waals surface area contributed by atoms with E-state index in [0.717, 1.165) is 31.3 Å². The molecule has 0 aromatic heterocycles. The Morgan fingerprint density at radius 3 is 2.42 bits per heavy atom. The molecule has 2 saturated carbocycles. The maximum absolute atomic E-state index is 10.9. The summed E-state index contributed by atoms with van der Waals surface area (Å²) in [6, 6.07) is 0. The lowest BCUT2D eigenvalue weighted by atomic mass is 9.44. The number of aliphatic hydroxyl groups excluding tert-OH is 4. The van der Waals surface area contributed by atoms with Crippen LogP contribution in [0.1, 0.15) is 59.8 Å². The van der Waals surface area contributed by atoms with Gasteiger partial charge in [-0.15, -0.1) is 0 Å². The van der Waals surface area contributed by atoms with Gasteiger partial charge in [-0.25, -0.2) is 0 Å². The van der Waals surface area contributed by atoms with E-state index in [1.165, 1.54) is 0 Å². The third-order valence-electron chi connectivity index (χ3n) is 7.95. The molecule has 4 heteroatoms. The van der Waals surface area contributed by atoms with E-state index < -0.39 is 17.6 Å². The molecule has 3 aliphatic carbocycles. The molecule has 3 rings (SSSR count). The number of hydrogen-bond donors (Lipinski definition) is 4. The largest absolute Gasteiger partial charge is 0.394 e. The first kappa shape index (κ1) is 18.4. The summed E-state index contributed by atoms with van der Waals surface area (Å²) in [5, 5.41) is 41.0. The van der Waals surface area contributed by atoms with Gasteiger partial charge < -0.3 is 20.4 Å². The van der Waals surface area contributed by atoms with Gasteiger partial charge >= 0.3 is 0 Å². The Morgan fingerprint density at radius 1 is 1.12 bits per heavy atom. The van der Waals surface area contributed by atoms with Gasteiger partial charge in [0.15, 0.2) is 0 Å². The highest BCUT2D eigenvalue weighted by atomic mass is 16.3. The molecule has 24 heavy (non-hydrogen) atoms. The van der Waals surface area contributed by atoms with Crippen LogP contribution in [-0.2, 0) is 0 Å². The van der Waals surface area contributed by atoms with Crippen LogP contribution in [-0.4, -0.2) is 45.3 Å². The molecular weight excluding hydrogens is 304 g/mol. The van der Waals surface area contributed by atoms with Crippen molar-refractivity contribution in [3.63, 3.8) is 0 Å². The zero-order valence-electron chi connectivity index (χ0n) is 15.5. The molecule has 7 atom stereocenters. The van der Waals surface area contributed by atoms with E-state index in [9.17, 15) is 20.4 Å². The molecule has 3 aliphatic rings. The molecule has 4 nitrogen and oxygen atoms in total. The van der Waals surface area contributed by atoms with E-state index >= 15 is 0 Å². The van der Waals surface area contributed by atoms with Crippen molar-refractivity contribution < 1.29 is 20.4 Å². The van der Waals surface area contributed by atoms with Crippen molar-refractivity contribution in [2.45, 2.75) is 78.1 Å². The van der Waals surface area contributed by atoms with Crippen LogP contribution >= 0.6 is 0 Å². The molecular formula is C20H34O4. The van der Waals surface area contributed by atoms with Crippen LogP contribution in [0.25, 0.3) is 0 Å². The smallest absolute Gasteiger partial charge is 0.0858 e. The normalized spacial score (nSPS) is 48.9. The fourth-order valence-corrected chi connectivity index (χ4v) is 6.11. The second-order valence-corrected chi connectivity index (χ2v) is 9.63. The summed E-state index contributed by atoms with van der Waals surface area (Å²) in [6.45, 7) is 8.35. The number of fused-ring (bicyclic) bond motifs is 3. The second-order valence-electron chi connectivity index (χ2n) is 9.63. The van der Waals surface area contributed by atoms with E-state index in [0.29, 0.717) is 12.3 Å². The molecule has 138 valence electrons. The van der Waals surface area contributed by atoms with Gasteiger partial charge in [0, 0.05) is 5.41 Å². The molecule has 0 aromatic carbocycles. The van der Waals surface area contributed by atoms with Crippen LogP contribution in [0.2, 0.25) is 0 Å². The van der Waals surface area contributed by atoms with Gasteiger partial charge in [-0.2, -0.15) is 0 Å². The van der Waals surface area contributed by atoms with Crippen LogP contribution in [0.4, 0.5) is 0 Å². The third kappa shape index (κ3) is 2.49. The molecule has 2 fully saturated rings. The molecule has 0 aliphatic heterocycles. The van der Waals surface area contributed by atoms with Gasteiger partial charge in [0.25, 0.3) is 0 Å². The Balaban J connectivity index is 2.00. The Kier molecular flexibility index (Phi) is 4.44. The lowest BCUT2D eigenvalue weighted by molar-refractivity contribution is -0.145. The summed E-state index contributed by atoms with van der Waals surface area (Å²) in [5.74, 6) is 0.593. The highest BCUT2D eigenvalue weighted by Gasteiger charge is 2.59. The topological polar surface area (TPSA) is 80.9 Å². The second kappa shape index (κ2) is 5.80. The maximum Gasteiger partial charge on any atom is 0.0858 e. The van der Waals surface area contributed by atoms with Crippen molar-refractivity contribution in [3.8, 4) is 0 Å². The quantitative estimate of drug-likeness (QED) is 0.582. The minimum atomic E-state index is -0.784. The van der Waals surface area contributed by atoms with E-state index in [4.69, 9.17) is 0 Å². The predicted octanol–water partition coefficient (Wildman–Crippen LogP) is 2.25. The molecule has 0 saturated heterocycles. The zero-order valence-corrected chi connectivity index (χ0v) is 15.5. The van der Waals surface area contributed by atoms with Crippen LogP contribution in [0.5, 0.6) is 0 Å². The van der Waals surface area contributed by atoms with Crippen molar-refractivity contribution in [3.05, 3.63) is 11.6 Å². The average Bonchev–Trinajstić information content (AvgIpc) is 2.53.